The zero-order valence-electron chi connectivity index (χ0n) is 20.0. The normalized spacial score (nSPS) is 15.0. The number of aryl methyl sites for hydroxylation is 1. The summed E-state index contributed by atoms with van der Waals surface area (Å²) in [6.07, 6.45) is -0.136. The molecule has 0 amide bonds. The number of phenolic OH excluding ortho intramolecular Hbond substituents is 1. The van der Waals surface area contributed by atoms with Crippen molar-refractivity contribution in [1.29, 1.82) is 0 Å². The van der Waals surface area contributed by atoms with E-state index >= 15 is 0 Å². The molecule has 8 nitrogen and oxygen atoms in total. The predicted octanol–water partition coefficient (Wildman–Crippen LogP) is 4.47. The molecular weight excluding hydrogens is 474 g/mol. The Kier molecular flexibility index (Phi) is 5.12. The highest BCUT2D eigenvalue weighted by Crippen LogP contribution is 2.45. The van der Waals surface area contributed by atoms with E-state index in [1.807, 2.05) is 24.3 Å². The summed E-state index contributed by atoms with van der Waals surface area (Å²) in [5, 5.41) is 11.4. The number of methoxy groups -OCH3 is 1. The second-order valence-electron chi connectivity index (χ2n) is 8.97. The van der Waals surface area contributed by atoms with E-state index in [1.54, 1.807) is 44.5 Å². The minimum atomic E-state index is -0.765. The Morgan fingerprint density at radius 2 is 1.78 bits per heavy atom. The van der Waals surface area contributed by atoms with Crippen molar-refractivity contribution in [3.8, 4) is 28.6 Å². The van der Waals surface area contributed by atoms with Gasteiger partial charge in [0.25, 0.3) is 5.56 Å². The minimum absolute atomic E-state index is 0.0382. The quantitative estimate of drug-likeness (QED) is 0.291. The number of hydrogen-bond donors (Lipinski definition) is 1. The summed E-state index contributed by atoms with van der Waals surface area (Å²) >= 11 is 0. The van der Waals surface area contributed by atoms with Gasteiger partial charge in [0.2, 0.25) is 0 Å². The monoisotopic (exact) mass is 495 g/mol. The molecule has 37 heavy (non-hydrogen) atoms. The van der Waals surface area contributed by atoms with Crippen LogP contribution in [-0.4, -0.2) is 22.8 Å². The molecule has 0 saturated heterocycles. The van der Waals surface area contributed by atoms with Crippen LogP contribution < -0.4 is 20.5 Å². The van der Waals surface area contributed by atoms with Crippen molar-refractivity contribution in [1.82, 2.24) is 4.57 Å². The fraction of sp³-hybridized carbons (Fsp3) is 0.138. The molecule has 184 valence electrons. The zero-order valence-corrected chi connectivity index (χ0v) is 20.0. The van der Waals surface area contributed by atoms with Crippen LogP contribution in [0.2, 0.25) is 0 Å². The largest absolute Gasteiger partial charge is 0.507 e. The average Bonchev–Trinajstić information content (AvgIpc) is 2.90. The molecule has 8 heteroatoms. The molecule has 0 bridgehead atoms. The van der Waals surface area contributed by atoms with Gasteiger partial charge in [-0.15, -0.1) is 0 Å². The molecule has 0 aliphatic carbocycles. The number of hydrogen-bond acceptors (Lipinski definition) is 7. The van der Waals surface area contributed by atoms with Crippen LogP contribution in [0.4, 0.5) is 0 Å². The van der Waals surface area contributed by atoms with Gasteiger partial charge in [-0.25, -0.2) is 0 Å². The number of carbonyl (C=O) groups excluding carboxylic acids is 1. The number of aromatic hydroxyl groups is 1. The van der Waals surface area contributed by atoms with Crippen molar-refractivity contribution in [3.05, 3.63) is 98.4 Å². The van der Waals surface area contributed by atoms with E-state index in [4.69, 9.17) is 13.9 Å². The first-order chi connectivity index (χ1) is 17.9. The summed E-state index contributed by atoms with van der Waals surface area (Å²) < 4.78 is 18.5. The van der Waals surface area contributed by atoms with E-state index < -0.39 is 17.3 Å². The van der Waals surface area contributed by atoms with Crippen LogP contribution in [0.5, 0.6) is 17.2 Å². The van der Waals surface area contributed by atoms with Crippen LogP contribution in [0.3, 0.4) is 0 Å². The van der Waals surface area contributed by atoms with Gasteiger partial charge in [-0.3, -0.25) is 14.4 Å². The Morgan fingerprint density at radius 1 is 1.00 bits per heavy atom. The van der Waals surface area contributed by atoms with Crippen LogP contribution in [0, 0.1) is 0 Å². The number of rotatable bonds is 3. The van der Waals surface area contributed by atoms with Crippen LogP contribution in [0.25, 0.3) is 33.2 Å². The average molecular weight is 495 g/mol. The summed E-state index contributed by atoms with van der Waals surface area (Å²) in [6.45, 7) is 0. The highest BCUT2D eigenvalue weighted by molar-refractivity contribution is 5.93. The third kappa shape index (κ3) is 3.57. The molecule has 6 rings (SSSR count). The molecule has 5 aromatic rings. The lowest BCUT2D eigenvalue weighted by molar-refractivity contribution is -0.135. The van der Waals surface area contributed by atoms with Gasteiger partial charge in [0.15, 0.2) is 5.43 Å². The number of benzene rings is 3. The molecule has 0 radical (unpaired) electrons. The number of phenols is 1. The number of esters is 1. The number of nitrogens with zero attached hydrogens (tertiary/aromatic N) is 1. The SMILES string of the molecule is COc1ccc2cc([C@H]3CC(=O)Oc4cc(O)c5c(=O)cc(-c6ccccc6)oc5c43)c(=O)n(C)c2c1. The van der Waals surface area contributed by atoms with Gasteiger partial charge in [0, 0.05) is 47.9 Å². The van der Waals surface area contributed by atoms with Crippen molar-refractivity contribution in [2.75, 3.05) is 7.11 Å². The number of aromatic nitrogens is 1. The van der Waals surface area contributed by atoms with E-state index in [9.17, 15) is 19.5 Å². The van der Waals surface area contributed by atoms with Crippen molar-refractivity contribution in [3.63, 3.8) is 0 Å². The van der Waals surface area contributed by atoms with E-state index in [1.165, 1.54) is 16.7 Å². The maximum Gasteiger partial charge on any atom is 0.312 e. The topological polar surface area (TPSA) is 108 Å². The Hall–Kier alpha value is -4.85. The molecule has 0 unspecified atom stereocenters. The summed E-state index contributed by atoms with van der Waals surface area (Å²) in [5.74, 6) is -0.738. The van der Waals surface area contributed by atoms with E-state index in [0.717, 1.165) is 5.39 Å². The first-order valence-corrected chi connectivity index (χ1v) is 11.6. The van der Waals surface area contributed by atoms with Crippen LogP contribution in [0.15, 0.2) is 80.7 Å². The Balaban J connectivity index is 1.67. The summed E-state index contributed by atoms with van der Waals surface area (Å²) in [4.78, 5) is 39.4. The third-order valence-corrected chi connectivity index (χ3v) is 6.82. The lowest BCUT2D eigenvalue weighted by Crippen LogP contribution is -2.29. The fourth-order valence-electron chi connectivity index (χ4n) is 5.01. The smallest absolute Gasteiger partial charge is 0.312 e. The Morgan fingerprint density at radius 3 is 2.54 bits per heavy atom. The van der Waals surface area contributed by atoms with Crippen molar-refractivity contribution in [2.24, 2.45) is 7.05 Å². The highest BCUT2D eigenvalue weighted by atomic mass is 16.5. The molecular formula is C29H21NO7. The van der Waals surface area contributed by atoms with Gasteiger partial charge in [0.05, 0.1) is 19.0 Å². The van der Waals surface area contributed by atoms with Crippen molar-refractivity contribution >= 4 is 27.8 Å². The first-order valence-electron chi connectivity index (χ1n) is 11.6. The van der Waals surface area contributed by atoms with Crippen molar-refractivity contribution in [2.45, 2.75) is 12.3 Å². The maximum absolute atomic E-state index is 13.6. The Labute approximate surface area is 209 Å². The van der Waals surface area contributed by atoms with Crippen LogP contribution in [0.1, 0.15) is 23.5 Å². The van der Waals surface area contributed by atoms with Crippen LogP contribution in [-0.2, 0) is 11.8 Å². The lowest BCUT2D eigenvalue weighted by atomic mass is 9.85. The first kappa shape index (κ1) is 22.6. The van der Waals surface area contributed by atoms with Gasteiger partial charge in [-0.05, 0) is 23.6 Å². The fourth-order valence-corrected chi connectivity index (χ4v) is 5.01. The molecule has 2 aromatic heterocycles. The zero-order chi connectivity index (χ0) is 25.8. The molecule has 1 N–H and O–H groups in total. The van der Waals surface area contributed by atoms with E-state index in [0.29, 0.717) is 33.7 Å². The second kappa shape index (κ2) is 8.37. The van der Waals surface area contributed by atoms with E-state index in [2.05, 4.69) is 0 Å². The van der Waals surface area contributed by atoms with Gasteiger partial charge in [0.1, 0.15) is 34.0 Å². The number of ether oxygens (including phenoxy) is 2. The predicted molar refractivity (Wildman–Crippen MR) is 137 cm³/mol. The third-order valence-electron chi connectivity index (χ3n) is 6.82. The standard InChI is InChI=1S/C29H21NO7/c1-30-20-11-17(35-2)9-8-16(20)10-19(29(30)34)18-12-25(33)36-24-14-22(32)27-21(31)13-23(37-28(27)26(18)24)15-6-4-3-5-7-15/h3-11,13-14,18,32H,12H2,1-2H3/t18-/m1/s1. The molecule has 0 spiro atoms. The molecule has 1 aliphatic rings. The molecule has 3 heterocycles. The van der Waals surface area contributed by atoms with Gasteiger partial charge >= 0.3 is 5.97 Å². The number of fused-ring (bicyclic) bond motifs is 4. The van der Waals surface area contributed by atoms with Gasteiger partial charge in [-0.1, -0.05) is 30.3 Å². The van der Waals surface area contributed by atoms with Crippen molar-refractivity contribution < 1.29 is 23.8 Å². The van der Waals surface area contributed by atoms with Gasteiger partial charge < -0.3 is 23.6 Å². The summed E-state index contributed by atoms with van der Waals surface area (Å²) in [7, 11) is 3.20. The van der Waals surface area contributed by atoms with E-state index in [-0.39, 0.29) is 34.4 Å². The molecule has 1 atom stereocenters. The maximum atomic E-state index is 13.6. The number of pyridine rings is 1. The minimum Gasteiger partial charge on any atom is -0.507 e. The lowest BCUT2D eigenvalue weighted by Gasteiger charge is -2.26. The summed E-state index contributed by atoms with van der Waals surface area (Å²) in [5.41, 5.74) is 1.36. The molecule has 0 saturated carbocycles. The highest BCUT2D eigenvalue weighted by Gasteiger charge is 2.35. The van der Waals surface area contributed by atoms with Crippen LogP contribution >= 0.6 is 0 Å². The second-order valence-corrected chi connectivity index (χ2v) is 8.97. The Bertz CT molecular complexity index is 1850. The summed E-state index contributed by atoms with van der Waals surface area (Å²) in [6, 6.07) is 18.7. The molecule has 3 aromatic carbocycles. The molecule has 0 fully saturated rings. The van der Waals surface area contributed by atoms with Gasteiger partial charge in [-0.2, -0.15) is 0 Å². The molecule has 1 aliphatic heterocycles. The number of carbonyl (C=O) groups is 1.